The van der Waals surface area contributed by atoms with E-state index < -0.39 is 24.3 Å². The highest BCUT2D eigenvalue weighted by atomic mass is 16.5. The Bertz CT molecular complexity index is 1340. The van der Waals surface area contributed by atoms with Gasteiger partial charge >= 0.3 is 0 Å². The maximum atomic E-state index is 6.35. The molecule has 14 N–H and O–H groups in total. The Morgan fingerprint density at radius 3 is 1.58 bits per heavy atom. The smallest absolute Gasteiger partial charge is 0.198 e. The maximum Gasteiger partial charge on any atom is 0.198 e. The SMILES string of the molecule is NC(N)=N[C@H]1C[C@@H](N=C(N)N)[C@H](Oc2ccc3nc(N)[nH]c3c2)C[C@@H]1Oc1ccc2nc(N)[nH]c2c1. The molecule has 2 aromatic heterocycles. The number of aromatic nitrogens is 4. The van der Waals surface area contributed by atoms with Gasteiger partial charge in [-0.3, -0.25) is 0 Å². The molecule has 0 saturated heterocycles. The largest absolute Gasteiger partial charge is 0.488 e. The number of nitrogens with two attached hydrogens (primary N) is 6. The van der Waals surface area contributed by atoms with Gasteiger partial charge in [0.1, 0.15) is 23.7 Å². The van der Waals surface area contributed by atoms with Crippen molar-refractivity contribution in [2.45, 2.75) is 37.1 Å². The quantitative estimate of drug-likeness (QED) is 0.131. The molecule has 36 heavy (non-hydrogen) atoms. The van der Waals surface area contributed by atoms with Gasteiger partial charge in [-0.25, -0.2) is 20.0 Å². The third-order valence-electron chi connectivity index (χ3n) is 5.95. The number of anilines is 2. The third-order valence-corrected chi connectivity index (χ3v) is 5.95. The van der Waals surface area contributed by atoms with Crippen LogP contribution in [0.5, 0.6) is 11.5 Å². The Morgan fingerprint density at radius 1 is 0.722 bits per heavy atom. The first-order valence-corrected chi connectivity index (χ1v) is 11.2. The summed E-state index contributed by atoms with van der Waals surface area (Å²) in [6.07, 6.45) is -0.0858. The summed E-state index contributed by atoms with van der Waals surface area (Å²) in [6, 6.07) is 10.1. The fourth-order valence-corrected chi connectivity index (χ4v) is 4.52. The van der Waals surface area contributed by atoms with Crippen molar-refractivity contribution < 1.29 is 9.47 Å². The number of hydrogen-bond acceptors (Lipinski definition) is 8. The summed E-state index contributed by atoms with van der Waals surface area (Å²) < 4.78 is 12.7. The lowest BCUT2D eigenvalue weighted by Crippen LogP contribution is -2.50. The summed E-state index contributed by atoms with van der Waals surface area (Å²) in [5.74, 6) is 1.72. The van der Waals surface area contributed by atoms with Crippen LogP contribution in [0.3, 0.4) is 0 Å². The lowest BCUT2D eigenvalue weighted by Gasteiger charge is -2.38. The van der Waals surface area contributed by atoms with E-state index in [-0.39, 0.29) is 11.9 Å². The lowest BCUT2D eigenvalue weighted by atomic mass is 9.86. The fourth-order valence-electron chi connectivity index (χ4n) is 4.52. The van der Waals surface area contributed by atoms with Crippen LogP contribution in [0.2, 0.25) is 0 Å². The number of rotatable bonds is 6. The average Bonchev–Trinajstić information content (AvgIpc) is 3.35. The molecule has 0 amide bonds. The predicted octanol–water partition coefficient (Wildman–Crippen LogP) is -0.124. The number of imidazole rings is 2. The minimum absolute atomic E-state index is 0.0597. The number of hydrogen-bond donors (Lipinski definition) is 8. The summed E-state index contributed by atoms with van der Waals surface area (Å²) in [5.41, 5.74) is 37.4. The Labute approximate surface area is 205 Å². The van der Waals surface area contributed by atoms with Crippen molar-refractivity contribution in [2.24, 2.45) is 32.9 Å². The molecule has 1 fully saturated rings. The minimum atomic E-state index is -0.438. The highest BCUT2D eigenvalue weighted by Crippen LogP contribution is 2.33. The summed E-state index contributed by atoms with van der Waals surface area (Å²) in [4.78, 5) is 23.2. The summed E-state index contributed by atoms with van der Waals surface area (Å²) in [7, 11) is 0. The number of fused-ring (bicyclic) bond motifs is 2. The lowest BCUT2D eigenvalue weighted by molar-refractivity contribution is 0.0418. The van der Waals surface area contributed by atoms with E-state index in [1.807, 2.05) is 36.4 Å². The van der Waals surface area contributed by atoms with E-state index in [0.29, 0.717) is 36.2 Å². The molecule has 0 bridgehead atoms. The van der Waals surface area contributed by atoms with Gasteiger partial charge in [0.15, 0.2) is 23.8 Å². The van der Waals surface area contributed by atoms with E-state index in [0.717, 1.165) is 22.1 Å². The zero-order valence-corrected chi connectivity index (χ0v) is 19.3. The molecule has 14 heteroatoms. The molecule has 0 spiro atoms. The van der Waals surface area contributed by atoms with E-state index in [4.69, 9.17) is 43.9 Å². The number of H-pyrrole nitrogens is 2. The first kappa shape index (κ1) is 22.9. The first-order valence-electron chi connectivity index (χ1n) is 11.2. The van der Waals surface area contributed by atoms with Gasteiger partial charge in [-0.05, 0) is 30.7 Å². The second-order valence-corrected chi connectivity index (χ2v) is 8.63. The Balaban J connectivity index is 1.44. The highest BCUT2D eigenvalue weighted by molar-refractivity contribution is 5.79. The molecule has 0 radical (unpaired) electrons. The highest BCUT2D eigenvalue weighted by Gasteiger charge is 2.40. The number of nitrogens with one attached hydrogen (secondary N) is 2. The van der Waals surface area contributed by atoms with Gasteiger partial charge in [-0.1, -0.05) is 0 Å². The van der Waals surface area contributed by atoms with Crippen LogP contribution in [-0.2, 0) is 0 Å². The molecule has 0 aliphatic heterocycles. The van der Waals surface area contributed by atoms with Gasteiger partial charge in [0.2, 0.25) is 0 Å². The zero-order valence-electron chi connectivity index (χ0n) is 19.3. The molecule has 188 valence electrons. The van der Waals surface area contributed by atoms with Crippen LogP contribution in [0.15, 0.2) is 46.4 Å². The van der Waals surface area contributed by atoms with Crippen LogP contribution in [0, 0.1) is 0 Å². The van der Waals surface area contributed by atoms with Crippen LogP contribution in [-0.4, -0.2) is 56.1 Å². The standard InChI is InChI=1S/C22H28N12O2/c23-19(24)29-15-7-16(30-20(25)26)18(36-10-2-4-12-14(6-10)34-22(28)32-12)8-17(15)35-9-1-3-11-13(5-9)33-21(27)31-11/h1-6,15-18H,7-8H2,(H4,23,24,29)(H4,25,26,30)(H3,27,31,33)(H3,28,32,34)/t15-,16+,17-,18+. The van der Waals surface area contributed by atoms with Crippen molar-refractivity contribution in [3.05, 3.63) is 36.4 Å². The molecule has 14 nitrogen and oxygen atoms in total. The number of ether oxygens (including phenoxy) is 2. The van der Waals surface area contributed by atoms with Crippen molar-refractivity contribution in [3.63, 3.8) is 0 Å². The van der Waals surface area contributed by atoms with Crippen molar-refractivity contribution >= 4 is 45.9 Å². The van der Waals surface area contributed by atoms with E-state index in [1.54, 1.807) is 0 Å². The van der Waals surface area contributed by atoms with E-state index >= 15 is 0 Å². The molecule has 2 heterocycles. The predicted molar refractivity (Wildman–Crippen MR) is 138 cm³/mol. The number of benzene rings is 2. The molecule has 1 aliphatic rings. The number of aromatic amines is 2. The van der Waals surface area contributed by atoms with Crippen molar-refractivity contribution in [2.75, 3.05) is 11.5 Å². The van der Waals surface area contributed by atoms with Crippen LogP contribution < -0.4 is 43.9 Å². The molecular formula is C22H28N12O2. The van der Waals surface area contributed by atoms with Gasteiger partial charge < -0.3 is 53.8 Å². The molecule has 1 saturated carbocycles. The van der Waals surface area contributed by atoms with Crippen molar-refractivity contribution in [1.29, 1.82) is 0 Å². The van der Waals surface area contributed by atoms with E-state index in [9.17, 15) is 0 Å². The molecular weight excluding hydrogens is 464 g/mol. The molecule has 1 aliphatic carbocycles. The number of guanidine groups is 2. The van der Waals surface area contributed by atoms with Crippen molar-refractivity contribution in [3.8, 4) is 11.5 Å². The van der Waals surface area contributed by atoms with E-state index in [2.05, 4.69) is 29.9 Å². The Hall–Kier alpha value is -4.88. The molecule has 2 aromatic carbocycles. The van der Waals surface area contributed by atoms with Gasteiger partial charge in [-0.2, -0.15) is 0 Å². The molecule has 5 rings (SSSR count). The normalized spacial score (nSPS) is 21.8. The van der Waals surface area contributed by atoms with Gasteiger partial charge in [0.25, 0.3) is 0 Å². The van der Waals surface area contributed by atoms with Crippen LogP contribution >= 0.6 is 0 Å². The van der Waals surface area contributed by atoms with Gasteiger partial charge in [0, 0.05) is 18.6 Å². The third kappa shape index (κ3) is 4.82. The minimum Gasteiger partial charge on any atom is -0.488 e. The number of nitrogens with zero attached hydrogens (tertiary/aromatic N) is 4. The molecule has 4 aromatic rings. The number of nitrogen functional groups attached to an aromatic ring is 2. The zero-order chi connectivity index (χ0) is 25.4. The monoisotopic (exact) mass is 492 g/mol. The van der Waals surface area contributed by atoms with Gasteiger partial charge in [-0.15, -0.1) is 0 Å². The molecule has 0 unspecified atom stereocenters. The second-order valence-electron chi connectivity index (χ2n) is 8.63. The summed E-state index contributed by atoms with van der Waals surface area (Å²) in [6.45, 7) is 0. The van der Waals surface area contributed by atoms with Crippen LogP contribution in [0.1, 0.15) is 12.8 Å². The van der Waals surface area contributed by atoms with Gasteiger partial charge in [0.05, 0.1) is 34.2 Å². The number of aliphatic imine (C=N–C) groups is 2. The molecule has 4 atom stereocenters. The van der Waals surface area contributed by atoms with Crippen molar-refractivity contribution in [1.82, 2.24) is 19.9 Å². The Kier molecular flexibility index (Phi) is 5.76. The summed E-state index contributed by atoms with van der Waals surface area (Å²) in [5, 5.41) is 0. The summed E-state index contributed by atoms with van der Waals surface area (Å²) >= 11 is 0. The van der Waals surface area contributed by atoms with Crippen LogP contribution in [0.4, 0.5) is 11.9 Å². The fraction of sp³-hybridized carbons (Fsp3) is 0.273. The topological polar surface area (TPSA) is 257 Å². The first-order chi connectivity index (χ1) is 17.2. The second kappa shape index (κ2) is 9.05. The van der Waals surface area contributed by atoms with E-state index in [1.165, 1.54) is 0 Å². The maximum absolute atomic E-state index is 6.35. The van der Waals surface area contributed by atoms with Crippen LogP contribution in [0.25, 0.3) is 22.1 Å². The average molecular weight is 493 g/mol. The Morgan fingerprint density at radius 2 is 1.17 bits per heavy atom.